The van der Waals surface area contributed by atoms with Crippen LogP contribution in [0.5, 0.6) is 0 Å². The highest BCUT2D eigenvalue weighted by Gasteiger charge is 2.55. The molecule has 3 saturated heterocycles. The lowest BCUT2D eigenvalue weighted by molar-refractivity contribution is -0.302. The summed E-state index contributed by atoms with van der Waals surface area (Å²) < 4.78 is 70.2. The first-order chi connectivity index (χ1) is 34.4. The number of carbonyl (C=O) groups is 2. The van der Waals surface area contributed by atoms with E-state index in [0.29, 0.717) is 24.9 Å². The summed E-state index contributed by atoms with van der Waals surface area (Å²) >= 11 is 0. The second-order valence-electron chi connectivity index (χ2n) is 23.0. The molecule has 0 aliphatic carbocycles. The maximum Gasteiger partial charge on any atom is 0.309 e. The molecule has 4 aliphatic heterocycles. The molecule has 5 rings (SSSR count). The van der Waals surface area contributed by atoms with Crippen LogP contribution in [0.1, 0.15) is 125 Å². The summed E-state index contributed by atoms with van der Waals surface area (Å²) in [5.41, 5.74) is -2.59. The van der Waals surface area contributed by atoms with Gasteiger partial charge in [-0.2, -0.15) is 0 Å². The maximum atomic E-state index is 14.6. The summed E-state index contributed by atoms with van der Waals surface area (Å²) in [5.74, 6) is -3.99. The van der Waals surface area contributed by atoms with Crippen molar-refractivity contribution >= 4 is 27.3 Å². The number of ether oxygens (including phenoxy) is 5. The first kappa shape index (κ1) is 62.1. The van der Waals surface area contributed by atoms with Crippen molar-refractivity contribution in [2.75, 3.05) is 52.5 Å². The van der Waals surface area contributed by atoms with Crippen LogP contribution in [0.25, 0.3) is 5.57 Å². The zero-order valence-corrected chi connectivity index (χ0v) is 46.8. The lowest BCUT2D eigenvalue weighted by Crippen LogP contribution is -2.62. The zero-order chi connectivity index (χ0) is 55.4. The van der Waals surface area contributed by atoms with E-state index in [1.807, 2.05) is 32.7 Å². The topological polar surface area (TPSA) is 254 Å². The Hall–Kier alpha value is -2.70. The van der Waals surface area contributed by atoms with E-state index in [9.17, 15) is 53.0 Å². The van der Waals surface area contributed by atoms with Crippen LogP contribution in [0.2, 0.25) is 0 Å². The normalized spacial score (nSPS) is 41.0. The molecular weight excluding hydrogens is 982 g/mol. The van der Waals surface area contributed by atoms with Gasteiger partial charge < -0.3 is 69.4 Å². The number of hydrogen-bond donors (Lipinski definition) is 7. The molecule has 3 fully saturated rings. The number of nitrogens with one attached hydrogen (secondary N) is 1. The van der Waals surface area contributed by atoms with Gasteiger partial charge in [0.05, 0.1) is 59.1 Å². The Balaban J connectivity index is 1.40. The molecule has 20 heteroatoms. The number of rotatable bonds is 14. The van der Waals surface area contributed by atoms with Crippen LogP contribution in [0.3, 0.4) is 0 Å². The van der Waals surface area contributed by atoms with Crippen molar-refractivity contribution < 1.29 is 76.7 Å². The number of aliphatic hydroxyl groups is 6. The number of likely N-dealkylation sites (N-methyl/N-ethyl adjacent to an activating group) is 2. The molecule has 7 N–H and O–H groups in total. The molecule has 1 unspecified atom stereocenters. The number of cyclic esters (lactones) is 1. The number of methoxy groups -OCH3 is 1. The average molecular weight is 1070 g/mol. The van der Waals surface area contributed by atoms with Crippen molar-refractivity contribution in [2.45, 2.75) is 204 Å². The van der Waals surface area contributed by atoms with E-state index in [0.717, 1.165) is 11.1 Å². The van der Waals surface area contributed by atoms with Gasteiger partial charge in [0.1, 0.15) is 42.8 Å². The van der Waals surface area contributed by atoms with Gasteiger partial charge >= 0.3 is 5.97 Å². The molecule has 424 valence electrons. The second-order valence-corrected chi connectivity index (χ2v) is 25.2. The number of sulfone groups is 1. The summed E-state index contributed by atoms with van der Waals surface area (Å²) in [5, 5.41) is 73.7. The van der Waals surface area contributed by atoms with Crippen LogP contribution in [0, 0.1) is 23.7 Å². The molecule has 1 amide bonds. The summed E-state index contributed by atoms with van der Waals surface area (Å²) in [6, 6.07) is 4.25. The third-order valence-corrected chi connectivity index (χ3v) is 18.4. The van der Waals surface area contributed by atoms with Gasteiger partial charge in [0.25, 0.3) is 0 Å². The minimum absolute atomic E-state index is 0.0421. The van der Waals surface area contributed by atoms with Gasteiger partial charge in [-0.05, 0) is 110 Å². The van der Waals surface area contributed by atoms with Crippen molar-refractivity contribution in [1.82, 2.24) is 15.1 Å². The standard InChI is InChI=1S/C54H90FN3O15S/c1-14-42-54(10,66)47(62)34(6)58(12)29-30(2)26-52(8,65)49(32(4)44(33(5)50(64)72-42)41-27-53(9,69-13)48(63)35(7)71-41)73-51-46(61)40(25-31(3)70-51)57(11)22-19-43(59)56-39(28-55)45(60)38-17-15-36(16-18-38)37-20-23-74(67,68)24-21-37/h15-18,20,30-35,39-42,44-49,51,60-63,65-66H,14,19,21-29H2,1-13H3,(H,56,59)/t30-,31-,32+,33-,34-,35+,39-,40+,41?,42-,44+,45-,46-,47-,48+,49-,51+,52-,53-,54-/m1/s1. The lowest BCUT2D eigenvalue weighted by atomic mass is 9.68. The van der Waals surface area contributed by atoms with Crippen LogP contribution in [0.15, 0.2) is 30.3 Å². The lowest BCUT2D eigenvalue weighted by Gasteiger charge is -2.51. The number of carbonyl (C=O) groups excluding carboxylic acids is 2. The Morgan fingerprint density at radius 2 is 1.66 bits per heavy atom. The third kappa shape index (κ3) is 14.5. The van der Waals surface area contributed by atoms with E-state index in [-0.39, 0.29) is 49.7 Å². The van der Waals surface area contributed by atoms with Crippen molar-refractivity contribution in [3.8, 4) is 0 Å². The fourth-order valence-electron chi connectivity index (χ4n) is 12.2. The number of amides is 1. The molecule has 1 aromatic carbocycles. The monoisotopic (exact) mass is 1070 g/mol. The van der Waals surface area contributed by atoms with Gasteiger partial charge in [0.15, 0.2) is 16.1 Å². The average Bonchev–Trinajstić information content (AvgIpc) is 3.34. The van der Waals surface area contributed by atoms with Crippen molar-refractivity contribution in [3.63, 3.8) is 0 Å². The molecule has 0 spiro atoms. The van der Waals surface area contributed by atoms with Gasteiger partial charge in [-0.3, -0.25) is 9.59 Å². The first-order valence-corrected chi connectivity index (χ1v) is 28.4. The number of esters is 1. The van der Waals surface area contributed by atoms with Crippen molar-refractivity contribution in [2.24, 2.45) is 23.7 Å². The molecule has 74 heavy (non-hydrogen) atoms. The molecule has 0 radical (unpaired) electrons. The van der Waals surface area contributed by atoms with E-state index < -0.39 is 142 Å². The minimum atomic E-state index is -3.11. The number of nitrogens with zero attached hydrogens (tertiary/aromatic N) is 2. The third-order valence-electron chi connectivity index (χ3n) is 16.9. The SMILES string of the molecule is CC[C@H]1OC(=O)[C@H](C)[C@@H](C2C[C@@](C)(OC)[C@@H](O)[C@H](C)O2)[C@H](C)[C@@H](O[C@@H]2O[C@H](C)C[C@H](N(C)CCC(=O)N[C@H](CF)[C@H](O)c3ccc(C4=CCS(=O)(=O)CC4)cc3)[C@H]2O)[C@](C)(O)C[C@@H](C)CN(C)[C@H](C)[C@@H](O)[C@]1(C)O. The van der Waals surface area contributed by atoms with Gasteiger partial charge in [-0.15, -0.1) is 0 Å². The molecule has 0 saturated carbocycles. The Kier molecular flexibility index (Phi) is 21.3. The van der Waals surface area contributed by atoms with Crippen LogP contribution < -0.4 is 5.32 Å². The predicted molar refractivity (Wildman–Crippen MR) is 277 cm³/mol. The van der Waals surface area contributed by atoms with E-state index in [4.69, 9.17) is 23.7 Å². The maximum absolute atomic E-state index is 14.6. The molecule has 1 aromatic rings. The molecule has 20 atom stereocenters. The number of alkyl halides is 1. The van der Waals surface area contributed by atoms with Crippen LogP contribution >= 0.6 is 0 Å². The Morgan fingerprint density at radius 1 is 1.01 bits per heavy atom. The number of benzene rings is 1. The number of hydrogen-bond acceptors (Lipinski definition) is 17. The molecule has 0 bridgehead atoms. The Labute approximate surface area is 439 Å². The molecule has 0 aromatic heterocycles. The summed E-state index contributed by atoms with van der Waals surface area (Å²) in [6.07, 6.45) is -7.93. The van der Waals surface area contributed by atoms with Gasteiger partial charge in [0, 0.05) is 51.0 Å². The Bertz CT molecular complexity index is 2150. The molecule has 4 aliphatic rings. The van der Waals surface area contributed by atoms with Crippen LogP contribution in [-0.2, 0) is 43.1 Å². The first-order valence-electron chi connectivity index (χ1n) is 26.6. The highest BCUT2D eigenvalue weighted by Crippen LogP contribution is 2.45. The minimum Gasteiger partial charge on any atom is -0.459 e. The van der Waals surface area contributed by atoms with E-state index >= 15 is 0 Å². The second kappa shape index (κ2) is 25.4. The van der Waals surface area contributed by atoms with Crippen LogP contribution in [-0.4, -0.2) is 203 Å². The summed E-state index contributed by atoms with van der Waals surface area (Å²) in [7, 11) is 1.94. The van der Waals surface area contributed by atoms with Crippen molar-refractivity contribution in [3.05, 3.63) is 41.5 Å². The van der Waals surface area contributed by atoms with Gasteiger partial charge in [0.2, 0.25) is 5.91 Å². The molecule has 18 nitrogen and oxygen atoms in total. The number of aliphatic hydroxyl groups excluding tert-OH is 4. The highest BCUT2D eigenvalue weighted by molar-refractivity contribution is 7.91. The quantitative estimate of drug-likeness (QED) is 0.132. The number of halogens is 1. The Morgan fingerprint density at radius 3 is 2.24 bits per heavy atom. The van der Waals surface area contributed by atoms with Gasteiger partial charge in [-0.1, -0.05) is 58.0 Å². The number of allylic oxidation sites excluding steroid dienone is 1. The highest BCUT2D eigenvalue weighted by atomic mass is 32.2. The van der Waals surface area contributed by atoms with E-state index in [1.54, 1.807) is 83.8 Å². The fourth-order valence-corrected chi connectivity index (χ4v) is 13.4. The predicted octanol–water partition coefficient (Wildman–Crippen LogP) is 3.32. The summed E-state index contributed by atoms with van der Waals surface area (Å²) in [6.45, 7) is 16.9. The van der Waals surface area contributed by atoms with Crippen molar-refractivity contribution in [1.29, 1.82) is 0 Å². The fraction of sp³-hybridized carbons (Fsp3) is 0.815. The molecule has 4 heterocycles. The smallest absolute Gasteiger partial charge is 0.309 e. The van der Waals surface area contributed by atoms with E-state index in [2.05, 4.69) is 5.32 Å². The van der Waals surface area contributed by atoms with Gasteiger partial charge in [-0.25, -0.2) is 12.8 Å². The largest absolute Gasteiger partial charge is 0.459 e. The van der Waals surface area contributed by atoms with E-state index in [1.165, 1.54) is 14.0 Å². The van der Waals surface area contributed by atoms with Crippen LogP contribution in [0.4, 0.5) is 4.39 Å². The zero-order valence-electron chi connectivity index (χ0n) is 46.0. The molecular formula is C54H90FN3O15S. The summed E-state index contributed by atoms with van der Waals surface area (Å²) in [4.78, 5) is 31.7.